The fraction of sp³-hybridized carbons (Fsp3) is 0.737. The maximum Gasteiger partial charge on any atom is 0.191 e. The van der Waals surface area contributed by atoms with Crippen molar-refractivity contribution in [3.05, 3.63) is 22.4 Å². The second-order valence-electron chi connectivity index (χ2n) is 7.98. The number of nitrogens with zero attached hydrogens (tertiary/aromatic N) is 1. The summed E-state index contributed by atoms with van der Waals surface area (Å²) >= 11 is 1.58. The first kappa shape index (κ1) is 20.4. The predicted octanol–water partition coefficient (Wildman–Crippen LogP) is 3.09. The normalized spacial score (nSPS) is 31.7. The number of hydrogen-bond donors (Lipinski definition) is 3. The second kappa shape index (κ2) is 7.93. The van der Waals surface area contributed by atoms with Crippen LogP contribution in [0.1, 0.15) is 43.9 Å². The van der Waals surface area contributed by atoms with Gasteiger partial charge in [-0.25, -0.2) is 0 Å². The number of nitrogens with one attached hydrogen (secondary N) is 2. The first-order chi connectivity index (χ1) is 12.1. The molecule has 1 aromatic heterocycles. The zero-order chi connectivity index (χ0) is 17.5. The molecule has 0 bridgehead atoms. The molecule has 0 amide bonds. The lowest BCUT2D eigenvalue weighted by Gasteiger charge is -2.57. The Morgan fingerprint density at radius 1 is 1.46 bits per heavy atom. The van der Waals surface area contributed by atoms with E-state index in [0.717, 1.165) is 23.9 Å². The summed E-state index contributed by atoms with van der Waals surface area (Å²) in [7, 11) is 1.80. The molecule has 7 heteroatoms. The maximum absolute atomic E-state index is 10.7. The monoisotopic (exact) mass is 491 g/mol. The molecule has 3 fully saturated rings. The highest BCUT2D eigenvalue weighted by Crippen LogP contribution is 2.60. The molecule has 26 heavy (non-hydrogen) atoms. The molecule has 146 valence electrons. The lowest BCUT2D eigenvalue weighted by atomic mass is 9.54. The Balaban J connectivity index is 0.00000196. The molecule has 3 aliphatic rings. The van der Waals surface area contributed by atoms with E-state index in [1.165, 1.54) is 25.7 Å². The summed E-state index contributed by atoms with van der Waals surface area (Å²) in [5, 5.41) is 19.7. The summed E-state index contributed by atoms with van der Waals surface area (Å²) in [4.78, 5) is 5.38. The van der Waals surface area contributed by atoms with E-state index in [-0.39, 0.29) is 24.0 Å². The van der Waals surface area contributed by atoms with E-state index in [1.807, 2.05) is 24.4 Å². The van der Waals surface area contributed by atoms with Crippen LogP contribution in [-0.2, 0) is 10.3 Å². The van der Waals surface area contributed by atoms with Gasteiger partial charge in [0.1, 0.15) is 5.60 Å². The number of ether oxygens (including phenoxy) is 1. The third-order valence-electron chi connectivity index (χ3n) is 6.45. The fourth-order valence-corrected chi connectivity index (χ4v) is 5.96. The number of aliphatic imine (C=N–C) groups is 1. The van der Waals surface area contributed by atoms with Crippen molar-refractivity contribution in [1.82, 2.24) is 10.6 Å². The Morgan fingerprint density at radius 2 is 2.23 bits per heavy atom. The van der Waals surface area contributed by atoms with Gasteiger partial charge in [-0.3, -0.25) is 4.99 Å². The van der Waals surface area contributed by atoms with Gasteiger partial charge in [0.2, 0.25) is 0 Å². The highest BCUT2D eigenvalue weighted by Gasteiger charge is 2.65. The van der Waals surface area contributed by atoms with E-state index in [0.29, 0.717) is 30.0 Å². The minimum Gasteiger partial charge on any atom is -0.383 e. The van der Waals surface area contributed by atoms with Crippen LogP contribution < -0.4 is 10.6 Å². The van der Waals surface area contributed by atoms with Crippen molar-refractivity contribution in [2.75, 3.05) is 20.2 Å². The summed E-state index contributed by atoms with van der Waals surface area (Å²) in [6.07, 6.45) is 6.73. The van der Waals surface area contributed by atoms with Crippen LogP contribution in [0.4, 0.5) is 0 Å². The van der Waals surface area contributed by atoms with Crippen molar-refractivity contribution in [3.8, 4) is 0 Å². The SMILES string of the molecule is CN=C(NCC(C)(O)c1cccs1)NC1C2CCOC2C12CCCC2.I. The van der Waals surface area contributed by atoms with Gasteiger partial charge in [-0.1, -0.05) is 18.9 Å². The first-order valence-corrected chi connectivity index (χ1v) is 10.3. The van der Waals surface area contributed by atoms with Gasteiger partial charge >= 0.3 is 0 Å². The standard InChI is InChI=1S/C19H29N3O2S.HI/c1-18(23,14-6-5-11-25-14)12-21-17(20-2)22-15-13-7-10-24-16(13)19(15)8-3-4-9-19;/h5-6,11,13,15-16,23H,3-4,7-10,12H2,1-2H3,(H2,20,21,22);1H. The molecule has 4 atom stereocenters. The Hall–Kier alpha value is -0.380. The Bertz CT molecular complexity index is 629. The molecule has 4 rings (SSSR count). The average Bonchev–Trinajstić information content (AvgIpc) is 3.34. The molecular formula is C19H30IN3O2S. The number of hydrogen-bond acceptors (Lipinski definition) is 4. The number of thiophene rings is 1. The summed E-state index contributed by atoms with van der Waals surface area (Å²) in [5.74, 6) is 1.40. The minimum atomic E-state index is -0.893. The zero-order valence-electron chi connectivity index (χ0n) is 15.5. The zero-order valence-corrected chi connectivity index (χ0v) is 18.7. The molecule has 5 nitrogen and oxygen atoms in total. The summed E-state index contributed by atoms with van der Waals surface area (Å²) in [5.41, 5.74) is -0.593. The quantitative estimate of drug-likeness (QED) is 0.344. The second-order valence-corrected chi connectivity index (χ2v) is 8.93. The van der Waals surface area contributed by atoms with Crippen LogP contribution in [0.15, 0.2) is 22.5 Å². The predicted molar refractivity (Wildman–Crippen MR) is 116 cm³/mol. The molecule has 1 spiro atoms. The van der Waals surface area contributed by atoms with E-state index in [1.54, 1.807) is 18.4 Å². The smallest absolute Gasteiger partial charge is 0.191 e. The van der Waals surface area contributed by atoms with Crippen molar-refractivity contribution in [1.29, 1.82) is 0 Å². The third-order valence-corrected chi connectivity index (χ3v) is 7.58. The number of aliphatic hydroxyl groups is 1. The molecular weight excluding hydrogens is 461 g/mol. The van der Waals surface area contributed by atoms with E-state index in [2.05, 4.69) is 15.6 Å². The van der Waals surface area contributed by atoms with Crippen molar-refractivity contribution in [2.45, 2.75) is 56.8 Å². The molecule has 2 aliphatic carbocycles. The summed E-state index contributed by atoms with van der Waals surface area (Å²) < 4.78 is 6.06. The highest BCUT2D eigenvalue weighted by molar-refractivity contribution is 14.0. The molecule has 2 saturated carbocycles. The van der Waals surface area contributed by atoms with Crippen molar-refractivity contribution < 1.29 is 9.84 Å². The molecule has 1 aromatic rings. The summed E-state index contributed by atoms with van der Waals surface area (Å²) in [6, 6.07) is 4.39. The molecule has 1 aliphatic heterocycles. The van der Waals surface area contributed by atoms with Crippen LogP contribution in [0.2, 0.25) is 0 Å². The van der Waals surface area contributed by atoms with Gasteiger partial charge in [-0.05, 0) is 37.6 Å². The number of guanidine groups is 1. The van der Waals surface area contributed by atoms with Crippen molar-refractivity contribution in [2.24, 2.45) is 16.3 Å². The highest BCUT2D eigenvalue weighted by atomic mass is 127. The van der Waals surface area contributed by atoms with Crippen molar-refractivity contribution >= 4 is 41.3 Å². The van der Waals surface area contributed by atoms with Crippen LogP contribution in [0.5, 0.6) is 0 Å². The van der Waals surface area contributed by atoms with E-state index >= 15 is 0 Å². The average molecular weight is 491 g/mol. The number of fused-ring (bicyclic) bond motifs is 2. The van der Waals surface area contributed by atoms with Gasteiger partial charge in [0, 0.05) is 35.9 Å². The van der Waals surface area contributed by atoms with E-state index < -0.39 is 5.60 Å². The van der Waals surface area contributed by atoms with Crippen LogP contribution in [0.3, 0.4) is 0 Å². The Kier molecular flexibility index (Phi) is 6.21. The largest absolute Gasteiger partial charge is 0.383 e. The van der Waals surface area contributed by atoms with E-state index in [9.17, 15) is 5.11 Å². The number of halogens is 1. The minimum absolute atomic E-state index is 0. The molecule has 1 saturated heterocycles. The Morgan fingerprint density at radius 3 is 2.88 bits per heavy atom. The van der Waals surface area contributed by atoms with Crippen LogP contribution in [0.25, 0.3) is 0 Å². The van der Waals surface area contributed by atoms with Gasteiger partial charge in [0.15, 0.2) is 5.96 Å². The van der Waals surface area contributed by atoms with Crippen molar-refractivity contribution in [3.63, 3.8) is 0 Å². The maximum atomic E-state index is 10.7. The summed E-state index contributed by atoms with van der Waals surface area (Å²) in [6.45, 7) is 3.19. The van der Waals surface area contributed by atoms with Gasteiger partial charge in [-0.15, -0.1) is 35.3 Å². The molecule has 4 unspecified atom stereocenters. The lowest BCUT2D eigenvalue weighted by Crippen LogP contribution is -2.69. The molecule has 3 N–H and O–H groups in total. The molecule has 0 radical (unpaired) electrons. The van der Waals surface area contributed by atoms with Crippen LogP contribution in [-0.4, -0.2) is 43.4 Å². The topological polar surface area (TPSA) is 65.9 Å². The van der Waals surface area contributed by atoms with E-state index in [4.69, 9.17) is 4.74 Å². The van der Waals surface area contributed by atoms with Gasteiger partial charge in [0.25, 0.3) is 0 Å². The third kappa shape index (κ3) is 3.40. The van der Waals surface area contributed by atoms with Gasteiger partial charge in [0.05, 0.1) is 12.6 Å². The van der Waals surface area contributed by atoms with Gasteiger partial charge in [-0.2, -0.15) is 0 Å². The first-order valence-electron chi connectivity index (χ1n) is 9.42. The fourth-order valence-electron chi connectivity index (χ4n) is 5.17. The Labute approximate surface area is 177 Å². The molecule has 0 aromatic carbocycles. The van der Waals surface area contributed by atoms with Crippen LogP contribution in [0, 0.1) is 11.3 Å². The van der Waals surface area contributed by atoms with Crippen LogP contribution >= 0.6 is 35.3 Å². The lowest BCUT2D eigenvalue weighted by molar-refractivity contribution is -0.125. The van der Waals surface area contributed by atoms with Gasteiger partial charge < -0.3 is 20.5 Å². The number of rotatable bonds is 4. The molecule has 2 heterocycles.